The second kappa shape index (κ2) is 6.64. The number of amides is 1. The van der Waals surface area contributed by atoms with Crippen molar-refractivity contribution in [2.75, 3.05) is 13.2 Å². The fourth-order valence-electron chi connectivity index (χ4n) is 2.84. The van der Waals surface area contributed by atoms with Crippen LogP contribution in [0.5, 0.6) is 6.01 Å². The van der Waals surface area contributed by atoms with Crippen molar-refractivity contribution in [3.05, 3.63) is 22.1 Å². The molecular formula is C14H16F3N3O5. The molecular weight excluding hydrogens is 347 g/mol. The van der Waals surface area contributed by atoms with Gasteiger partial charge in [0.2, 0.25) is 0 Å². The topological polar surface area (TPSA) is 103 Å². The summed E-state index contributed by atoms with van der Waals surface area (Å²) in [6, 6.07) is 0.0938. The molecule has 3 heterocycles. The molecule has 1 unspecified atom stereocenters. The summed E-state index contributed by atoms with van der Waals surface area (Å²) in [5, 5.41) is 11.0. The molecule has 0 spiro atoms. The number of ether oxygens (including phenoxy) is 2. The van der Waals surface area contributed by atoms with Crippen LogP contribution in [-0.4, -0.2) is 52.1 Å². The van der Waals surface area contributed by atoms with E-state index in [1.165, 1.54) is 10.8 Å². The van der Waals surface area contributed by atoms with Gasteiger partial charge in [0.25, 0.3) is 5.56 Å². The molecule has 11 heteroatoms. The predicted molar refractivity (Wildman–Crippen MR) is 75.9 cm³/mol. The summed E-state index contributed by atoms with van der Waals surface area (Å²) in [6.07, 6.45) is -3.92. The summed E-state index contributed by atoms with van der Waals surface area (Å²) < 4.78 is 48.9. The Kier molecular flexibility index (Phi) is 4.69. The van der Waals surface area contributed by atoms with Crippen molar-refractivity contribution in [2.45, 2.75) is 43.9 Å². The van der Waals surface area contributed by atoms with Crippen molar-refractivity contribution in [1.82, 2.24) is 14.9 Å². The van der Waals surface area contributed by atoms with Crippen molar-refractivity contribution in [3.8, 4) is 6.01 Å². The SMILES string of the molecule is O=C(NCCCc1cn2c(nc1=O)OC1C[C@H]2O[C@@H]1CO)C(F)(F)F. The van der Waals surface area contributed by atoms with Gasteiger partial charge in [-0.2, -0.15) is 18.2 Å². The number of alkyl halides is 3. The number of aromatic nitrogens is 2. The largest absolute Gasteiger partial charge is 0.471 e. The standard InChI is InChI=1S/C14H16F3N3O5/c15-14(16,17)12(23)18-3-1-2-7-5-20-10-4-8(9(6-21)24-10)25-13(20)19-11(7)22/h5,8-10,21H,1-4,6H2,(H,18,23)/t8?,9-,10-/m1/s1. The molecule has 1 aromatic heterocycles. The second-order valence-electron chi connectivity index (χ2n) is 5.82. The number of aliphatic hydroxyl groups is 1. The Morgan fingerprint density at radius 1 is 1.48 bits per heavy atom. The van der Waals surface area contributed by atoms with E-state index in [1.54, 1.807) is 5.32 Å². The molecule has 2 aliphatic heterocycles. The van der Waals surface area contributed by atoms with Crippen molar-refractivity contribution in [2.24, 2.45) is 0 Å². The van der Waals surface area contributed by atoms with Gasteiger partial charge in [-0.3, -0.25) is 14.2 Å². The molecule has 0 radical (unpaired) electrons. The number of carbonyl (C=O) groups is 1. The average molecular weight is 363 g/mol. The smallest absolute Gasteiger partial charge is 0.458 e. The van der Waals surface area contributed by atoms with Gasteiger partial charge < -0.3 is 19.9 Å². The molecule has 8 nitrogen and oxygen atoms in total. The van der Waals surface area contributed by atoms with Crippen LogP contribution in [0.1, 0.15) is 24.6 Å². The minimum absolute atomic E-state index is 0.0938. The molecule has 1 amide bonds. The number of nitrogens with zero attached hydrogens (tertiary/aromatic N) is 2. The van der Waals surface area contributed by atoms with Crippen molar-refractivity contribution < 1.29 is 32.5 Å². The first-order chi connectivity index (χ1) is 11.8. The van der Waals surface area contributed by atoms with Gasteiger partial charge in [0.1, 0.15) is 18.4 Å². The first kappa shape index (κ1) is 17.7. The molecule has 3 rings (SSSR count). The zero-order valence-corrected chi connectivity index (χ0v) is 13.0. The van der Waals surface area contributed by atoms with Crippen LogP contribution in [0.4, 0.5) is 13.2 Å². The average Bonchev–Trinajstić information content (AvgIpc) is 2.88. The molecule has 0 saturated carbocycles. The maximum Gasteiger partial charge on any atom is 0.471 e. The summed E-state index contributed by atoms with van der Waals surface area (Å²) in [5.74, 6) is -2.01. The monoisotopic (exact) mass is 363 g/mol. The van der Waals surface area contributed by atoms with Gasteiger partial charge in [-0.05, 0) is 12.8 Å². The highest BCUT2D eigenvalue weighted by Crippen LogP contribution is 2.37. The van der Waals surface area contributed by atoms with E-state index in [-0.39, 0.29) is 43.7 Å². The highest BCUT2D eigenvalue weighted by molar-refractivity contribution is 5.81. The van der Waals surface area contributed by atoms with Crippen LogP contribution < -0.4 is 15.6 Å². The van der Waals surface area contributed by atoms with Crippen LogP contribution in [0.25, 0.3) is 0 Å². The van der Waals surface area contributed by atoms with E-state index in [4.69, 9.17) is 9.47 Å². The lowest BCUT2D eigenvalue weighted by molar-refractivity contribution is -0.173. The maximum atomic E-state index is 12.1. The van der Waals surface area contributed by atoms with Crippen LogP contribution in [0.2, 0.25) is 0 Å². The molecule has 25 heavy (non-hydrogen) atoms. The van der Waals surface area contributed by atoms with Gasteiger partial charge in [0.15, 0.2) is 0 Å². The fourth-order valence-corrected chi connectivity index (χ4v) is 2.84. The lowest BCUT2D eigenvalue weighted by Crippen LogP contribution is -2.37. The lowest BCUT2D eigenvalue weighted by Gasteiger charge is -2.24. The number of aryl methyl sites for hydroxylation is 1. The summed E-state index contributed by atoms with van der Waals surface area (Å²) >= 11 is 0. The Bertz CT molecular complexity index is 721. The number of fused-ring (bicyclic) bond motifs is 4. The van der Waals surface area contributed by atoms with E-state index < -0.39 is 30.0 Å². The van der Waals surface area contributed by atoms with Crippen LogP contribution >= 0.6 is 0 Å². The Morgan fingerprint density at radius 3 is 2.92 bits per heavy atom. The third-order valence-corrected chi connectivity index (χ3v) is 4.08. The number of halogens is 3. The van der Waals surface area contributed by atoms with Gasteiger partial charge in [-0.1, -0.05) is 0 Å². The molecule has 2 aliphatic rings. The summed E-state index contributed by atoms with van der Waals surface area (Å²) in [7, 11) is 0. The Morgan fingerprint density at radius 2 is 2.24 bits per heavy atom. The number of hydrogen-bond acceptors (Lipinski definition) is 6. The minimum Gasteiger partial charge on any atom is -0.458 e. The Hall–Kier alpha value is -2.14. The van der Waals surface area contributed by atoms with Gasteiger partial charge in [-0.25, -0.2) is 0 Å². The van der Waals surface area contributed by atoms with E-state index in [9.17, 15) is 27.9 Å². The van der Waals surface area contributed by atoms with E-state index in [1.807, 2.05) is 0 Å². The molecule has 2 bridgehead atoms. The van der Waals surface area contributed by atoms with Gasteiger partial charge in [0.05, 0.1) is 6.61 Å². The minimum atomic E-state index is -4.93. The summed E-state index contributed by atoms with van der Waals surface area (Å²) in [6.45, 7) is -0.434. The number of carbonyl (C=O) groups excluding carboxylic acids is 1. The number of nitrogens with one attached hydrogen (secondary N) is 1. The van der Waals surface area contributed by atoms with Crippen LogP contribution in [0.3, 0.4) is 0 Å². The van der Waals surface area contributed by atoms with E-state index >= 15 is 0 Å². The van der Waals surface area contributed by atoms with E-state index in [0.29, 0.717) is 6.42 Å². The molecule has 0 aliphatic carbocycles. The normalized spacial score (nSPS) is 24.6. The van der Waals surface area contributed by atoms with E-state index in [0.717, 1.165) is 0 Å². The fraction of sp³-hybridized carbons (Fsp3) is 0.643. The van der Waals surface area contributed by atoms with Gasteiger partial charge in [-0.15, -0.1) is 0 Å². The Labute approximate surface area is 139 Å². The number of hydrogen-bond donors (Lipinski definition) is 2. The zero-order chi connectivity index (χ0) is 18.2. The highest BCUT2D eigenvalue weighted by Gasteiger charge is 2.43. The van der Waals surface area contributed by atoms with Crippen LogP contribution in [-0.2, 0) is 16.0 Å². The highest BCUT2D eigenvalue weighted by atomic mass is 19.4. The molecule has 1 saturated heterocycles. The Balaban J connectivity index is 1.63. The molecule has 138 valence electrons. The number of aliphatic hydroxyl groups excluding tert-OH is 1. The summed E-state index contributed by atoms with van der Waals surface area (Å²) in [5.41, 5.74) is -0.265. The molecule has 1 aromatic rings. The van der Waals surface area contributed by atoms with E-state index in [2.05, 4.69) is 4.98 Å². The maximum absolute atomic E-state index is 12.1. The quantitative estimate of drug-likeness (QED) is 0.708. The predicted octanol–water partition coefficient (Wildman–Crippen LogP) is -0.105. The van der Waals surface area contributed by atoms with Gasteiger partial charge >= 0.3 is 18.1 Å². The zero-order valence-electron chi connectivity index (χ0n) is 13.0. The molecule has 0 aromatic carbocycles. The third-order valence-electron chi connectivity index (χ3n) is 4.08. The van der Waals surface area contributed by atoms with Crippen molar-refractivity contribution in [3.63, 3.8) is 0 Å². The molecule has 3 atom stereocenters. The summed E-state index contributed by atoms with van der Waals surface area (Å²) in [4.78, 5) is 26.5. The van der Waals surface area contributed by atoms with Crippen molar-refractivity contribution >= 4 is 5.91 Å². The molecule has 1 fully saturated rings. The second-order valence-corrected chi connectivity index (χ2v) is 5.82. The first-order valence-electron chi connectivity index (χ1n) is 7.69. The molecule has 2 N–H and O–H groups in total. The van der Waals surface area contributed by atoms with Gasteiger partial charge in [0, 0.05) is 24.7 Å². The van der Waals surface area contributed by atoms with Crippen molar-refractivity contribution in [1.29, 1.82) is 0 Å². The van der Waals surface area contributed by atoms with Crippen LogP contribution in [0, 0.1) is 0 Å². The third kappa shape index (κ3) is 3.61. The van der Waals surface area contributed by atoms with Crippen LogP contribution in [0.15, 0.2) is 11.0 Å². The lowest BCUT2D eigenvalue weighted by atomic mass is 10.1. The number of rotatable bonds is 5. The first-order valence-corrected chi connectivity index (χ1v) is 7.69.